The number of likely N-dealkylation sites (tertiary alicyclic amines) is 1. The molecular weight excluding hydrogens is 335 g/mol. The van der Waals surface area contributed by atoms with Crippen LogP contribution < -0.4 is 5.32 Å². The monoisotopic (exact) mass is 348 g/mol. The first kappa shape index (κ1) is 16.4. The van der Waals surface area contributed by atoms with E-state index in [0.717, 1.165) is 12.8 Å². The summed E-state index contributed by atoms with van der Waals surface area (Å²) in [6, 6.07) is 4.38. The lowest BCUT2D eigenvalue weighted by Crippen LogP contribution is -2.50. The van der Waals surface area contributed by atoms with Crippen molar-refractivity contribution >= 4 is 52.3 Å². The number of benzene rings is 1. The highest BCUT2D eigenvalue weighted by molar-refractivity contribution is 6.42. The van der Waals surface area contributed by atoms with Crippen molar-refractivity contribution in [2.45, 2.75) is 25.3 Å². The minimum atomic E-state index is -0.487. The Kier molecular flexibility index (Phi) is 5.73. The van der Waals surface area contributed by atoms with Gasteiger partial charge in [-0.25, -0.2) is 0 Å². The van der Waals surface area contributed by atoms with E-state index >= 15 is 0 Å². The molecule has 0 radical (unpaired) electrons. The van der Waals surface area contributed by atoms with Crippen molar-refractivity contribution in [2.75, 3.05) is 17.7 Å². The van der Waals surface area contributed by atoms with Gasteiger partial charge in [0.25, 0.3) is 0 Å². The molecule has 1 aromatic rings. The molecule has 1 aliphatic rings. The number of anilines is 1. The summed E-state index contributed by atoms with van der Waals surface area (Å²) in [5.74, 6) is -0.562. The molecule has 0 aromatic heterocycles. The predicted molar refractivity (Wildman–Crippen MR) is 85.2 cm³/mol. The van der Waals surface area contributed by atoms with Crippen LogP contribution in [0.3, 0.4) is 0 Å². The molecule has 1 fully saturated rings. The Morgan fingerprint density at radius 1 is 1.24 bits per heavy atom. The average molecular weight is 350 g/mol. The number of hydrogen-bond acceptors (Lipinski definition) is 2. The molecule has 1 aliphatic heterocycles. The molecule has 0 bridgehead atoms. The van der Waals surface area contributed by atoms with Crippen LogP contribution >= 0.6 is 34.8 Å². The molecule has 1 heterocycles. The summed E-state index contributed by atoms with van der Waals surface area (Å²) in [7, 11) is 0. The van der Waals surface area contributed by atoms with Gasteiger partial charge in [-0.05, 0) is 37.5 Å². The zero-order valence-corrected chi connectivity index (χ0v) is 13.5. The second-order valence-corrected chi connectivity index (χ2v) is 5.93. The molecule has 2 amide bonds. The van der Waals surface area contributed by atoms with Gasteiger partial charge < -0.3 is 10.2 Å². The second-order valence-electron chi connectivity index (χ2n) is 4.85. The van der Waals surface area contributed by atoms with Gasteiger partial charge in [-0.15, -0.1) is 11.6 Å². The van der Waals surface area contributed by atoms with Gasteiger partial charge in [0.15, 0.2) is 0 Å². The van der Waals surface area contributed by atoms with E-state index in [0.29, 0.717) is 28.7 Å². The quantitative estimate of drug-likeness (QED) is 0.848. The van der Waals surface area contributed by atoms with E-state index in [1.807, 2.05) is 0 Å². The molecule has 1 saturated heterocycles. The topological polar surface area (TPSA) is 49.4 Å². The third-order valence-corrected chi connectivity index (χ3v) is 4.39. The first-order valence-corrected chi connectivity index (χ1v) is 7.93. The molecule has 114 valence electrons. The van der Waals surface area contributed by atoms with Crippen LogP contribution in [-0.4, -0.2) is 35.2 Å². The van der Waals surface area contributed by atoms with Crippen LogP contribution in [0.4, 0.5) is 5.69 Å². The minimum Gasteiger partial charge on any atom is -0.330 e. The Morgan fingerprint density at radius 2 is 2.00 bits per heavy atom. The minimum absolute atomic E-state index is 0.115. The lowest BCUT2D eigenvalue weighted by atomic mass is 10.0. The molecule has 0 saturated carbocycles. The molecule has 1 atom stereocenters. The van der Waals surface area contributed by atoms with E-state index in [2.05, 4.69) is 5.32 Å². The van der Waals surface area contributed by atoms with Gasteiger partial charge in [-0.2, -0.15) is 0 Å². The average Bonchev–Trinajstić information content (AvgIpc) is 2.50. The maximum atomic E-state index is 12.4. The van der Waals surface area contributed by atoms with Crippen molar-refractivity contribution in [3.63, 3.8) is 0 Å². The molecular formula is C14H15Cl3N2O2. The first-order chi connectivity index (χ1) is 10.0. The maximum absolute atomic E-state index is 12.4. The largest absolute Gasteiger partial charge is 0.330 e. The Labute approximate surface area is 138 Å². The van der Waals surface area contributed by atoms with Crippen molar-refractivity contribution in [1.82, 2.24) is 4.90 Å². The normalized spacial score (nSPS) is 18.4. The molecule has 1 unspecified atom stereocenters. The van der Waals surface area contributed by atoms with Gasteiger partial charge >= 0.3 is 0 Å². The SMILES string of the molecule is O=C(Nc1ccc(Cl)c(Cl)c1)C1CCCCN1C(=O)CCl. The van der Waals surface area contributed by atoms with E-state index in [4.69, 9.17) is 34.8 Å². The number of nitrogens with zero attached hydrogens (tertiary/aromatic N) is 1. The van der Waals surface area contributed by atoms with Crippen LogP contribution in [0.5, 0.6) is 0 Å². The number of nitrogens with one attached hydrogen (secondary N) is 1. The van der Waals surface area contributed by atoms with Crippen molar-refractivity contribution in [3.8, 4) is 0 Å². The highest BCUT2D eigenvalue weighted by atomic mass is 35.5. The highest BCUT2D eigenvalue weighted by Gasteiger charge is 2.31. The number of carbonyl (C=O) groups is 2. The predicted octanol–water partition coefficient (Wildman–Crippen LogP) is 3.55. The first-order valence-electron chi connectivity index (χ1n) is 6.64. The molecule has 21 heavy (non-hydrogen) atoms. The van der Waals surface area contributed by atoms with Crippen LogP contribution in [0.1, 0.15) is 19.3 Å². The molecule has 0 spiro atoms. The number of amides is 2. The smallest absolute Gasteiger partial charge is 0.247 e. The Morgan fingerprint density at radius 3 is 2.67 bits per heavy atom. The fourth-order valence-electron chi connectivity index (χ4n) is 2.38. The van der Waals surface area contributed by atoms with Gasteiger partial charge in [-0.3, -0.25) is 9.59 Å². The summed E-state index contributed by atoms with van der Waals surface area (Å²) >= 11 is 17.4. The van der Waals surface area contributed by atoms with Crippen molar-refractivity contribution in [1.29, 1.82) is 0 Å². The summed E-state index contributed by atoms with van der Waals surface area (Å²) < 4.78 is 0. The molecule has 1 N–H and O–H groups in total. The zero-order chi connectivity index (χ0) is 15.4. The van der Waals surface area contributed by atoms with Gasteiger partial charge in [0.2, 0.25) is 11.8 Å². The molecule has 7 heteroatoms. The van der Waals surface area contributed by atoms with E-state index in [-0.39, 0.29) is 17.7 Å². The Hall–Kier alpha value is -0.970. The lowest BCUT2D eigenvalue weighted by molar-refractivity contribution is -0.138. The number of rotatable bonds is 3. The van der Waals surface area contributed by atoms with E-state index in [1.165, 1.54) is 0 Å². The Bertz CT molecular complexity index is 551. The number of alkyl halides is 1. The summed E-state index contributed by atoms with van der Waals surface area (Å²) in [5, 5.41) is 3.56. The summed E-state index contributed by atoms with van der Waals surface area (Å²) in [4.78, 5) is 25.7. The summed E-state index contributed by atoms with van der Waals surface area (Å²) in [6.07, 6.45) is 2.43. The number of hydrogen-bond donors (Lipinski definition) is 1. The Balaban J connectivity index is 2.10. The van der Waals surface area contributed by atoms with E-state index in [9.17, 15) is 9.59 Å². The number of halogens is 3. The van der Waals surface area contributed by atoms with Crippen molar-refractivity contribution < 1.29 is 9.59 Å². The number of piperidine rings is 1. The molecule has 1 aromatic carbocycles. The number of carbonyl (C=O) groups excluding carboxylic acids is 2. The van der Waals surface area contributed by atoms with Crippen LogP contribution in [0.15, 0.2) is 18.2 Å². The second kappa shape index (κ2) is 7.34. The van der Waals surface area contributed by atoms with Crippen LogP contribution in [0.25, 0.3) is 0 Å². The van der Waals surface area contributed by atoms with Crippen molar-refractivity contribution in [3.05, 3.63) is 28.2 Å². The highest BCUT2D eigenvalue weighted by Crippen LogP contribution is 2.26. The van der Waals surface area contributed by atoms with Gasteiger partial charge in [0.1, 0.15) is 11.9 Å². The fraction of sp³-hybridized carbons (Fsp3) is 0.429. The third kappa shape index (κ3) is 4.02. The third-order valence-electron chi connectivity index (χ3n) is 3.43. The standard InChI is InChI=1S/C14H15Cl3N2O2/c15-8-13(20)19-6-2-1-3-12(19)14(21)18-9-4-5-10(16)11(17)7-9/h4-5,7,12H,1-3,6,8H2,(H,18,21). The van der Waals surface area contributed by atoms with E-state index < -0.39 is 6.04 Å². The zero-order valence-electron chi connectivity index (χ0n) is 11.2. The molecule has 4 nitrogen and oxygen atoms in total. The van der Waals surface area contributed by atoms with Gasteiger partial charge in [-0.1, -0.05) is 23.2 Å². The van der Waals surface area contributed by atoms with Gasteiger partial charge in [0.05, 0.1) is 10.0 Å². The lowest BCUT2D eigenvalue weighted by Gasteiger charge is -2.34. The van der Waals surface area contributed by atoms with Gasteiger partial charge in [0, 0.05) is 12.2 Å². The van der Waals surface area contributed by atoms with Crippen LogP contribution in [0.2, 0.25) is 10.0 Å². The van der Waals surface area contributed by atoms with E-state index in [1.54, 1.807) is 23.1 Å². The van der Waals surface area contributed by atoms with Crippen LogP contribution in [0, 0.1) is 0 Å². The molecule has 0 aliphatic carbocycles. The fourth-order valence-corrected chi connectivity index (χ4v) is 2.83. The summed E-state index contributed by atoms with van der Waals surface area (Å²) in [5.41, 5.74) is 0.554. The van der Waals surface area contributed by atoms with Crippen molar-refractivity contribution in [2.24, 2.45) is 0 Å². The van der Waals surface area contributed by atoms with Crippen LogP contribution in [-0.2, 0) is 9.59 Å². The molecule has 2 rings (SSSR count). The summed E-state index contributed by atoms with van der Waals surface area (Å²) in [6.45, 7) is 0.561. The maximum Gasteiger partial charge on any atom is 0.247 e.